The van der Waals surface area contributed by atoms with Crippen LogP contribution in [0, 0.1) is 10.1 Å². The number of nitrogens with one attached hydrogen (secondary N) is 1. The van der Waals surface area contributed by atoms with Crippen molar-refractivity contribution in [1.29, 1.82) is 0 Å². The van der Waals surface area contributed by atoms with Gasteiger partial charge in [-0.1, -0.05) is 6.92 Å². The molecule has 0 saturated carbocycles. The van der Waals surface area contributed by atoms with Crippen LogP contribution in [0.1, 0.15) is 18.9 Å². The summed E-state index contributed by atoms with van der Waals surface area (Å²) in [5.41, 5.74) is -3.71. The second kappa shape index (κ2) is 6.27. The second-order valence-electron chi connectivity index (χ2n) is 4.56. The molecule has 0 radical (unpaired) electrons. The first-order valence-corrected chi connectivity index (χ1v) is 6.04. The molecule has 0 fully saturated rings. The van der Waals surface area contributed by atoms with Gasteiger partial charge in [-0.05, 0) is 18.6 Å². The van der Waals surface area contributed by atoms with E-state index in [1.165, 1.54) is 0 Å². The molecule has 0 aromatic heterocycles. The van der Waals surface area contributed by atoms with Crippen LogP contribution in [0.5, 0.6) is 0 Å². The Morgan fingerprint density at radius 1 is 1.29 bits per heavy atom. The van der Waals surface area contributed by atoms with Crippen molar-refractivity contribution in [3.63, 3.8) is 0 Å². The van der Waals surface area contributed by atoms with Crippen molar-refractivity contribution in [2.45, 2.75) is 25.1 Å². The summed E-state index contributed by atoms with van der Waals surface area (Å²) >= 11 is 0. The fraction of sp³-hybridized carbons (Fsp3) is 0.500. The Bertz CT molecular complexity index is 507. The van der Waals surface area contributed by atoms with Crippen molar-refractivity contribution < 1.29 is 28.3 Å². The molecular formula is C12H15F3N2O4. The molecule has 0 spiro atoms. The SMILES string of the molecule is CCC(CO)(CO)Nc1ccc([N+](=O)[O-])c(C(F)(F)F)c1. The number of benzene rings is 1. The Labute approximate surface area is 118 Å². The minimum Gasteiger partial charge on any atom is -0.394 e. The van der Waals surface area contributed by atoms with Gasteiger partial charge in [0.2, 0.25) is 0 Å². The van der Waals surface area contributed by atoms with Crippen LogP contribution in [-0.4, -0.2) is 33.9 Å². The molecule has 1 rings (SSSR count). The number of halogens is 3. The maximum Gasteiger partial charge on any atom is 0.423 e. The maximum absolute atomic E-state index is 12.8. The lowest BCUT2D eigenvalue weighted by Crippen LogP contribution is -2.45. The number of nitro benzene ring substituents is 1. The van der Waals surface area contributed by atoms with Gasteiger partial charge in [0.25, 0.3) is 5.69 Å². The van der Waals surface area contributed by atoms with E-state index in [9.17, 15) is 33.5 Å². The zero-order valence-corrected chi connectivity index (χ0v) is 11.1. The molecule has 0 aliphatic heterocycles. The summed E-state index contributed by atoms with van der Waals surface area (Å²) in [5.74, 6) is 0. The van der Waals surface area contributed by atoms with Gasteiger partial charge in [-0.3, -0.25) is 10.1 Å². The van der Waals surface area contributed by atoms with Gasteiger partial charge in [0.15, 0.2) is 0 Å². The van der Waals surface area contributed by atoms with E-state index in [0.29, 0.717) is 6.07 Å². The predicted octanol–water partition coefficient (Wildman–Crippen LogP) is 2.16. The molecule has 0 saturated heterocycles. The van der Waals surface area contributed by atoms with Crippen molar-refractivity contribution >= 4 is 11.4 Å². The molecule has 1 aromatic rings. The van der Waals surface area contributed by atoms with Gasteiger partial charge >= 0.3 is 6.18 Å². The van der Waals surface area contributed by atoms with Crippen molar-refractivity contribution in [2.75, 3.05) is 18.5 Å². The normalized spacial score (nSPS) is 12.3. The summed E-state index contributed by atoms with van der Waals surface area (Å²) in [6.07, 6.45) is -4.63. The van der Waals surface area contributed by atoms with E-state index in [-0.39, 0.29) is 12.1 Å². The molecule has 21 heavy (non-hydrogen) atoms. The predicted molar refractivity (Wildman–Crippen MR) is 68.9 cm³/mol. The zero-order chi connectivity index (χ0) is 16.3. The minimum atomic E-state index is -4.88. The Balaban J connectivity index is 3.26. The van der Waals surface area contributed by atoms with Crippen LogP contribution >= 0.6 is 0 Å². The summed E-state index contributed by atoms with van der Waals surface area (Å²) in [4.78, 5) is 9.53. The van der Waals surface area contributed by atoms with E-state index in [1.54, 1.807) is 6.92 Å². The van der Waals surface area contributed by atoms with Crippen LogP contribution < -0.4 is 5.32 Å². The van der Waals surface area contributed by atoms with Gasteiger partial charge < -0.3 is 15.5 Å². The van der Waals surface area contributed by atoms with Crippen molar-refractivity contribution in [3.8, 4) is 0 Å². The maximum atomic E-state index is 12.8. The summed E-state index contributed by atoms with van der Waals surface area (Å²) in [5, 5.41) is 31.7. The number of rotatable bonds is 6. The van der Waals surface area contributed by atoms with Crippen LogP contribution in [0.3, 0.4) is 0 Å². The molecule has 6 nitrogen and oxygen atoms in total. The number of aliphatic hydroxyl groups excluding tert-OH is 2. The average molecular weight is 308 g/mol. The third kappa shape index (κ3) is 3.82. The van der Waals surface area contributed by atoms with Crippen molar-refractivity contribution in [3.05, 3.63) is 33.9 Å². The molecule has 9 heteroatoms. The highest BCUT2D eigenvalue weighted by Crippen LogP contribution is 2.38. The smallest absolute Gasteiger partial charge is 0.394 e. The van der Waals surface area contributed by atoms with Crippen LogP contribution in [0.25, 0.3) is 0 Å². The number of hydrogen-bond donors (Lipinski definition) is 3. The summed E-state index contributed by atoms with van der Waals surface area (Å²) in [7, 11) is 0. The number of hydrogen-bond acceptors (Lipinski definition) is 5. The van der Waals surface area contributed by atoms with Gasteiger partial charge in [0.1, 0.15) is 5.56 Å². The van der Waals surface area contributed by atoms with Crippen LogP contribution in [-0.2, 0) is 6.18 Å². The standard InChI is InChI=1S/C12H15F3N2O4/c1-2-11(6-18,7-19)16-8-3-4-10(17(20)21)9(5-8)12(13,14)15/h3-5,16,18-19H,2,6-7H2,1H3. The molecule has 0 atom stereocenters. The molecular weight excluding hydrogens is 293 g/mol. The lowest BCUT2D eigenvalue weighted by molar-refractivity contribution is -0.388. The van der Waals surface area contributed by atoms with Gasteiger partial charge in [0.05, 0.1) is 23.7 Å². The van der Waals surface area contributed by atoms with Crippen LogP contribution in [0.2, 0.25) is 0 Å². The van der Waals surface area contributed by atoms with E-state index in [1.807, 2.05) is 0 Å². The molecule has 0 unspecified atom stereocenters. The molecule has 3 N–H and O–H groups in total. The summed E-state index contributed by atoms with van der Waals surface area (Å²) in [6, 6.07) is 2.43. The summed E-state index contributed by atoms with van der Waals surface area (Å²) < 4.78 is 38.5. The fourth-order valence-electron chi connectivity index (χ4n) is 1.75. The molecule has 1 aromatic carbocycles. The molecule has 118 valence electrons. The molecule has 0 aliphatic rings. The van der Waals surface area contributed by atoms with Crippen molar-refractivity contribution in [2.24, 2.45) is 0 Å². The number of nitrogens with zero attached hydrogens (tertiary/aromatic N) is 1. The third-order valence-corrected chi connectivity index (χ3v) is 3.19. The number of anilines is 1. The Morgan fingerprint density at radius 2 is 1.86 bits per heavy atom. The highest BCUT2D eigenvalue weighted by atomic mass is 19.4. The number of alkyl halides is 3. The zero-order valence-electron chi connectivity index (χ0n) is 11.1. The Hall–Kier alpha value is -1.87. The Kier molecular flexibility index (Phi) is 5.13. The second-order valence-corrected chi connectivity index (χ2v) is 4.56. The first-order valence-electron chi connectivity index (χ1n) is 6.04. The fourth-order valence-corrected chi connectivity index (χ4v) is 1.75. The highest BCUT2D eigenvalue weighted by Gasteiger charge is 2.39. The average Bonchev–Trinajstić information content (AvgIpc) is 2.43. The van der Waals surface area contributed by atoms with Gasteiger partial charge in [-0.15, -0.1) is 0 Å². The monoisotopic (exact) mass is 308 g/mol. The van der Waals surface area contributed by atoms with Crippen LogP contribution in [0.4, 0.5) is 24.5 Å². The van der Waals surface area contributed by atoms with E-state index < -0.39 is 41.1 Å². The number of nitro groups is 1. The largest absolute Gasteiger partial charge is 0.423 e. The van der Waals surface area contributed by atoms with Crippen molar-refractivity contribution in [1.82, 2.24) is 0 Å². The third-order valence-electron chi connectivity index (χ3n) is 3.19. The minimum absolute atomic E-state index is 0.0714. The lowest BCUT2D eigenvalue weighted by Gasteiger charge is -2.31. The highest BCUT2D eigenvalue weighted by molar-refractivity contribution is 5.56. The van der Waals surface area contributed by atoms with E-state index in [0.717, 1.165) is 12.1 Å². The molecule has 0 aliphatic carbocycles. The molecule has 0 bridgehead atoms. The molecule has 0 amide bonds. The van der Waals surface area contributed by atoms with Gasteiger partial charge in [0, 0.05) is 11.8 Å². The first-order chi connectivity index (χ1) is 9.69. The summed E-state index contributed by atoms with van der Waals surface area (Å²) in [6.45, 7) is 0.631. The van der Waals surface area contributed by atoms with Gasteiger partial charge in [-0.2, -0.15) is 13.2 Å². The van der Waals surface area contributed by atoms with E-state index >= 15 is 0 Å². The molecule has 0 heterocycles. The van der Waals surface area contributed by atoms with Crippen LogP contribution in [0.15, 0.2) is 18.2 Å². The first kappa shape index (κ1) is 17.2. The Morgan fingerprint density at radius 3 is 2.24 bits per heavy atom. The van der Waals surface area contributed by atoms with Gasteiger partial charge in [-0.25, -0.2) is 0 Å². The quantitative estimate of drug-likeness (QED) is 0.553. The topological polar surface area (TPSA) is 95.6 Å². The van der Waals surface area contributed by atoms with E-state index in [4.69, 9.17) is 0 Å². The lowest BCUT2D eigenvalue weighted by atomic mass is 9.97. The van der Waals surface area contributed by atoms with E-state index in [2.05, 4.69) is 5.32 Å². The number of aliphatic hydroxyl groups is 2.